The molecule has 2 aromatic carbocycles. The predicted molar refractivity (Wildman–Crippen MR) is 96.6 cm³/mol. The quantitative estimate of drug-likeness (QED) is 0.683. The fraction of sp³-hybridized carbons (Fsp3) is 0.278. The molecule has 0 amide bonds. The van der Waals surface area contributed by atoms with E-state index in [1.165, 1.54) is 28.4 Å². The molecule has 1 aliphatic rings. The molecule has 1 unspecified atom stereocenters. The van der Waals surface area contributed by atoms with Crippen LogP contribution in [0.15, 0.2) is 59.8 Å². The summed E-state index contributed by atoms with van der Waals surface area (Å²) < 4.78 is 2.37. The topological polar surface area (TPSA) is 17.8 Å². The SMILES string of the molecule is c1ccc(CSCC2CCn3c(nc4ccccc43)S2)cc1. The molecule has 2 heterocycles. The monoisotopic (exact) mass is 326 g/mol. The second-order valence-electron chi connectivity index (χ2n) is 5.56. The Kier molecular flexibility index (Phi) is 4.13. The van der Waals surface area contributed by atoms with Gasteiger partial charge >= 0.3 is 0 Å². The average molecular weight is 326 g/mol. The van der Waals surface area contributed by atoms with Gasteiger partial charge in [-0.05, 0) is 24.1 Å². The Labute approximate surface area is 139 Å². The van der Waals surface area contributed by atoms with Crippen LogP contribution in [0.2, 0.25) is 0 Å². The summed E-state index contributed by atoms with van der Waals surface area (Å²) in [5.74, 6) is 2.30. The number of para-hydroxylation sites is 2. The Morgan fingerprint density at radius 3 is 2.82 bits per heavy atom. The second kappa shape index (κ2) is 6.39. The molecule has 1 atom stereocenters. The van der Waals surface area contributed by atoms with E-state index >= 15 is 0 Å². The highest BCUT2D eigenvalue weighted by Gasteiger charge is 2.22. The zero-order valence-electron chi connectivity index (χ0n) is 12.3. The molecule has 0 aliphatic carbocycles. The Hall–Kier alpha value is -1.39. The maximum atomic E-state index is 4.79. The number of imidazole rings is 1. The predicted octanol–water partition coefficient (Wildman–Crippen LogP) is 4.83. The van der Waals surface area contributed by atoms with E-state index in [-0.39, 0.29) is 0 Å². The molecular formula is C18H18N2S2. The summed E-state index contributed by atoms with van der Waals surface area (Å²) in [6.07, 6.45) is 1.24. The number of aromatic nitrogens is 2. The summed E-state index contributed by atoms with van der Waals surface area (Å²) in [5.41, 5.74) is 3.82. The van der Waals surface area contributed by atoms with E-state index in [0.717, 1.165) is 17.8 Å². The summed E-state index contributed by atoms with van der Waals surface area (Å²) in [6, 6.07) is 19.2. The van der Waals surface area contributed by atoms with Gasteiger partial charge in [0.2, 0.25) is 0 Å². The molecule has 0 spiro atoms. The van der Waals surface area contributed by atoms with Crippen molar-refractivity contribution in [2.24, 2.45) is 0 Å². The van der Waals surface area contributed by atoms with Gasteiger partial charge < -0.3 is 4.57 Å². The Morgan fingerprint density at radius 1 is 1.09 bits per heavy atom. The molecule has 0 N–H and O–H groups in total. The summed E-state index contributed by atoms with van der Waals surface area (Å²) in [4.78, 5) is 4.79. The van der Waals surface area contributed by atoms with Crippen molar-refractivity contribution in [3.05, 3.63) is 60.2 Å². The molecule has 1 aromatic heterocycles. The Morgan fingerprint density at radius 2 is 1.91 bits per heavy atom. The highest BCUT2D eigenvalue weighted by atomic mass is 32.2. The summed E-state index contributed by atoms with van der Waals surface area (Å²) >= 11 is 3.99. The van der Waals surface area contributed by atoms with Gasteiger partial charge in [-0.25, -0.2) is 4.98 Å². The summed E-state index contributed by atoms with van der Waals surface area (Å²) in [6.45, 7) is 1.10. The lowest BCUT2D eigenvalue weighted by Crippen LogP contribution is -2.17. The average Bonchev–Trinajstić information content (AvgIpc) is 2.93. The zero-order chi connectivity index (χ0) is 14.8. The van der Waals surface area contributed by atoms with E-state index in [2.05, 4.69) is 59.2 Å². The van der Waals surface area contributed by atoms with Crippen LogP contribution in [0.25, 0.3) is 11.0 Å². The lowest BCUT2D eigenvalue weighted by atomic mass is 10.2. The minimum absolute atomic E-state index is 0.679. The number of aryl methyl sites for hydroxylation is 1. The first kappa shape index (κ1) is 14.2. The van der Waals surface area contributed by atoms with Gasteiger partial charge in [0.25, 0.3) is 0 Å². The van der Waals surface area contributed by atoms with Crippen LogP contribution in [0.5, 0.6) is 0 Å². The molecule has 4 rings (SSSR count). The van der Waals surface area contributed by atoms with Crippen LogP contribution in [0, 0.1) is 0 Å². The number of hydrogen-bond acceptors (Lipinski definition) is 3. The fourth-order valence-corrected chi connectivity index (χ4v) is 5.37. The molecule has 2 nitrogen and oxygen atoms in total. The number of rotatable bonds is 4. The molecule has 0 fully saturated rings. The van der Waals surface area contributed by atoms with Crippen LogP contribution in [0.4, 0.5) is 0 Å². The van der Waals surface area contributed by atoms with Crippen LogP contribution >= 0.6 is 23.5 Å². The van der Waals surface area contributed by atoms with Gasteiger partial charge in [0, 0.05) is 23.3 Å². The van der Waals surface area contributed by atoms with Gasteiger partial charge in [-0.1, -0.05) is 54.2 Å². The van der Waals surface area contributed by atoms with Crippen LogP contribution in [-0.4, -0.2) is 20.6 Å². The van der Waals surface area contributed by atoms with E-state index in [4.69, 9.17) is 4.98 Å². The lowest BCUT2D eigenvalue weighted by Gasteiger charge is -2.22. The van der Waals surface area contributed by atoms with Crippen LogP contribution in [-0.2, 0) is 12.3 Å². The highest BCUT2D eigenvalue weighted by Crippen LogP contribution is 2.35. The molecule has 3 aromatic rings. The van der Waals surface area contributed by atoms with Crippen LogP contribution in [0.3, 0.4) is 0 Å². The van der Waals surface area contributed by atoms with E-state index in [0.29, 0.717) is 5.25 Å². The zero-order valence-corrected chi connectivity index (χ0v) is 13.9. The first-order valence-corrected chi connectivity index (χ1v) is 9.67. The number of hydrogen-bond donors (Lipinski definition) is 0. The molecule has 0 saturated carbocycles. The number of benzene rings is 2. The van der Waals surface area contributed by atoms with Crippen LogP contribution < -0.4 is 0 Å². The van der Waals surface area contributed by atoms with Crippen molar-refractivity contribution < 1.29 is 0 Å². The first-order valence-electron chi connectivity index (χ1n) is 7.64. The Balaban J connectivity index is 1.40. The first-order chi connectivity index (χ1) is 10.9. The molecule has 4 heteroatoms. The van der Waals surface area contributed by atoms with Crippen molar-refractivity contribution >= 4 is 34.6 Å². The van der Waals surface area contributed by atoms with E-state index in [1.807, 2.05) is 23.5 Å². The standard InChI is InChI=1S/C18H18N2S2/c1-2-6-14(7-3-1)12-21-13-15-10-11-20-17-9-5-4-8-16(17)19-18(20)22-15/h1-9,15H,10-13H2. The van der Waals surface area contributed by atoms with Gasteiger partial charge in [0.15, 0.2) is 5.16 Å². The van der Waals surface area contributed by atoms with Crippen LogP contribution in [0.1, 0.15) is 12.0 Å². The van der Waals surface area contributed by atoms with Crippen molar-refractivity contribution in [3.63, 3.8) is 0 Å². The van der Waals surface area contributed by atoms with Gasteiger partial charge in [0.05, 0.1) is 11.0 Å². The van der Waals surface area contributed by atoms with Crippen molar-refractivity contribution in [1.82, 2.24) is 9.55 Å². The summed E-state index contributed by atoms with van der Waals surface area (Å²) in [7, 11) is 0. The third kappa shape index (κ3) is 2.90. The van der Waals surface area contributed by atoms with Crippen molar-refractivity contribution in [2.45, 2.75) is 29.1 Å². The van der Waals surface area contributed by atoms with Gasteiger partial charge in [-0.15, -0.1) is 0 Å². The summed E-state index contributed by atoms with van der Waals surface area (Å²) in [5, 5.41) is 1.87. The smallest absolute Gasteiger partial charge is 0.169 e. The molecule has 1 aliphatic heterocycles. The van der Waals surface area contributed by atoms with E-state index in [9.17, 15) is 0 Å². The molecule has 0 radical (unpaired) electrons. The maximum Gasteiger partial charge on any atom is 0.169 e. The van der Waals surface area contributed by atoms with Gasteiger partial charge in [-0.2, -0.15) is 11.8 Å². The minimum Gasteiger partial charge on any atom is -0.319 e. The third-order valence-electron chi connectivity index (χ3n) is 3.98. The minimum atomic E-state index is 0.679. The van der Waals surface area contributed by atoms with Crippen molar-refractivity contribution in [2.75, 3.05) is 5.75 Å². The Bertz CT molecular complexity index is 767. The molecular weight excluding hydrogens is 308 g/mol. The number of thioether (sulfide) groups is 2. The molecule has 22 heavy (non-hydrogen) atoms. The lowest BCUT2D eigenvalue weighted by molar-refractivity contribution is 0.586. The van der Waals surface area contributed by atoms with E-state index in [1.54, 1.807) is 0 Å². The highest BCUT2D eigenvalue weighted by molar-refractivity contribution is 8.03. The molecule has 0 bridgehead atoms. The maximum absolute atomic E-state index is 4.79. The van der Waals surface area contributed by atoms with Gasteiger partial charge in [-0.3, -0.25) is 0 Å². The second-order valence-corrected chi connectivity index (χ2v) is 7.86. The third-order valence-corrected chi connectivity index (χ3v) is 6.63. The number of fused-ring (bicyclic) bond motifs is 3. The van der Waals surface area contributed by atoms with Crippen molar-refractivity contribution in [3.8, 4) is 0 Å². The largest absolute Gasteiger partial charge is 0.319 e. The van der Waals surface area contributed by atoms with Crippen molar-refractivity contribution in [1.29, 1.82) is 0 Å². The fourth-order valence-electron chi connectivity index (χ4n) is 2.84. The normalized spacial score (nSPS) is 17.5. The van der Waals surface area contributed by atoms with E-state index < -0.39 is 0 Å². The van der Waals surface area contributed by atoms with Gasteiger partial charge in [0.1, 0.15) is 0 Å². The molecule has 0 saturated heterocycles. The number of nitrogens with zero attached hydrogens (tertiary/aromatic N) is 2. The molecule has 112 valence electrons.